The highest BCUT2D eigenvalue weighted by atomic mass is 16.5. The average Bonchev–Trinajstić information content (AvgIpc) is 3.15. The maximum Gasteiger partial charge on any atom is 0.287 e. The second kappa shape index (κ2) is 8.86. The van der Waals surface area contributed by atoms with Gasteiger partial charge in [0.25, 0.3) is 5.91 Å². The van der Waals surface area contributed by atoms with Crippen molar-refractivity contribution in [1.29, 1.82) is 0 Å². The third-order valence-corrected chi connectivity index (χ3v) is 7.38. The number of carbonyl (C=O) groups is 1. The predicted octanol–water partition coefficient (Wildman–Crippen LogP) is 6.01. The molecule has 2 heterocycles. The number of furan rings is 1. The van der Waals surface area contributed by atoms with Crippen molar-refractivity contribution in [3.63, 3.8) is 0 Å². The van der Waals surface area contributed by atoms with E-state index in [1.54, 1.807) is 0 Å². The summed E-state index contributed by atoms with van der Waals surface area (Å²) < 4.78 is 12.5. The first-order valence-electron chi connectivity index (χ1n) is 12.2. The first kappa shape index (κ1) is 22.0. The summed E-state index contributed by atoms with van der Waals surface area (Å²) in [7, 11) is 0. The number of aliphatic hydroxyl groups is 1. The monoisotopic (exact) mass is 447 g/mol. The zero-order chi connectivity index (χ0) is 23.0. The van der Waals surface area contributed by atoms with Gasteiger partial charge in [-0.2, -0.15) is 0 Å². The Morgan fingerprint density at radius 1 is 1.15 bits per heavy atom. The summed E-state index contributed by atoms with van der Waals surface area (Å²) in [6.45, 7) is 3.91. The van der Waals surface area contributed by atoms with Crippen LogP contribution >= 0.6 is 0 Å². The minimum Gasteiger partial charge on any atom is -0.487 e. The quantitative estimate of drug-likeness (QED) is 0.502. The Kier molecular flexibility index (Phi) is 5.92. The number of rotatable bonds is 5. The third-order valence-electron chi connectivity index (χ3n) is 7.38. The molecule has 2 atom stereocenters. The molecule has 1 fully saturated rings. The van der Waals surface area contributed by atoms with Gasteiger partial charge in [-0.25, -0.2) is 0 Å². The first-order valence-corrected chi connectivity index (χ1v) is 12.2. The van der Waals surface area contributed by atoms with Gasteiger partial charge in [-0.3, -0.25) is 4.79 Å². The van der Waals surface area contributed by atoms with Crippen molar-refractivity contribution in [1.82, 2.24) is 5.32 Å². The van der Waals surface area contributed by atoms with E-state index in [-0.39, 0.29) is 17.6 Å². The number of hydrogen-bond acceptors (Lipinski definition) is 4. The Labute approximate surface area is 195 Å². The van der Waals surface area contributed by atoms with E-state index in [0.29, 0.717) is 17.8 Å². The Hall–Kier alpha value is -2.79. The molecular formula is C28H33NO4. The minimum absolute atomic E-state index is 0.0133. The summed E-state index contributed by atoms with van der Waals surface area (Å²) in [4.78, 5) is 13.1. The number of hydrogen-bond donors (Lipinski definition) is 2. The normalized spacial score (nSPS) is 20.3. The lowest BCUT2D eigenvalue weighted by molar-refractivity contribution is -0.0373. The van der Waals surface area contributed by atoms with E-state index >= 15 is 0 Å². The van der Waals surface area contributed by atoms with Gasteiger partial charge in [-0.1, -0.05) is 36.8 Å². The van der Waals surface area contributed by atoms with Crippen LogP contribution in [-0.2, 0) is 6.42 Å². The molecular weight excluding hydrogens is 414 g/mol. The second-order valence-electron chi connectivity index (χ2n) is 9.87. The van der Waals surface area contributed by atoms with Crippen LogP contribution < -0.4 is 10.1 Å². The molecule has 2 aliphatic rings. The van der Waals surface area contributed by atoms with Gasteiger partial charge in [0.15, 0.2) is 5.76 Å². The van der Waals surface area contributed by atoms with Gasteiger partial charge >= 0.3 is 0 Å². The minimum atomic E-state index is -0.618. The van der Waals surface area contributed by atoms with Crippen LogP contribution in [0.4, 0.5) is 0 Å². The van der Waals surface area contributed by atoms with Gasteiger partial charge in [0.2, 0.25) is 0 Å². The van der Waals surface area contributed by atoms with Gasteiger partial charge in [-0.15, -0.1) is 0 Å². The van der Waals surface area contributed by atoms with E-state index in [0.717, 1.165) is 60.8 Å². The molecule has 5 rings (SSSR count). The summed E-state index contributed by atoms with van der Waals surface area (Å²) in [5, 5.41) is 15.0. The molecule has 0 bridgehead atoms. The van der Waals surface area contributed by atoms with Crippen molar-refractivity contribution in [2.45, 2.75) is 83.0 Å². The third kappa shape index (κ3) is 4.26. The number of amides is 1. The summed E-state index contributed by atoms with van der Waals surface area (Å²) in [6, 6.07) is 14.1. The van der Waals surface area contributed by atoms with E-state index < -0.39 is 6.10 Å². The SMILES string of the molecule is Cc1c(C(=O)N[C@@H](C)CCc2ccccc2)oc2ccc3c(c12)[C@@H](O)CC1(CCCCC1)O3. The van der Waals surface area contributed by atoms with Crippen molar-refractivity contribution in [2.24, 2.45) is 0 Å². The molecule has 1 saturated carbocycles. The number of ether oxygens (including phenoxy) is 1. The average molecular weight is 448 g/mol. The van der Waals surface area contributed by atoms with Crippen molar-refractivity contribution in [3.8, 4) is 5.75 Å². The number of aliphatic hydroxyl groups excluding tert-OH is 1. The maximum atomic E-state index is 13.1. The van der Waals surface area contributed by atoms with E-state index in [2.05, 4.69) is 17.4 Å². The number of nitrogens with one attached hydrogen (secondary N) is 1. The van der Waals surface area contributed by atoms with Gasteiger partial charge in [0.05, 0.1) is 6.10 Å². The highest BCUT2D eigenvalue weighted by Gasteiger charge is 2.42. The lowest BCUT2D eigenvalue weighted by atomic mass is 9.77. The Morgan fingerprint density at radius 3 is 2.67 bits per heavy atom. The molecule has 174 valence electrons. The zero-order valence-electron chi connectivity index (χ0n) is 19.5. The topological polar surface area (TPSA) is 71.7 Å². The van der Waals surface area contributed by atoms with Crippen LogP contribution in [0.3, 0.4) is 0 Å². The molecule has 1 aromatic heterocycles. The second-order valence-corrected chi connectivity index (χ2v) is 9.87. The van der Waals surface area contributed by atoms with Gasteiger partial charge in [0.1, 0.15) is 16.9 Å². The van der Waals surface area contributed by atoms with Crippen molar-refractivity contribution in [3.05, 3.63) is 64.9 Å². The Balaban J connectivity index is 1.36. The van der Waals surface area contributed by atoms with E-state index in [1.165, 1.54) is 12.0 Å². The fourth-order valence-corrected chi connectivity index (χ4v) is 5.61. The van der Waals surface area contributed by atoms with Crippen molar-refractivity contribution >= 4 is 16.9 Å². The van der Waals surface area contributed by atoms with Crippen LogP contribution in [0.15, 0.2) is 46.9 Å². The van der Waals surface area contributed by atoms with Crippen molar-refractivity contribution in [2.75, 3.05) is 0 Å². The lowest BCUT2D eigenvalue weighted by Crippen LogP contribution is -2.42. The van der Waals surface area contributed by atoms with Crippen LogP contribution in [0.1, 0.15) is 85.2 Å². The number of benzene rings is 2. The Morgan fingerprint density at radius 2 is 1.91 bits per heavy atom. The molecule has 3 aromatic rings. The molecule has 5 nitrogen and oxygen atoms in total. The van der Waals surface area contributed by atoms with Gasteiger partial charge < -0.3 is 19.6 Å². The smallest absolute Gasteiger partial charge is 0.287 e. The molecule has 0 saturated heterocycles. The highest BCUT2D eigenvalue weighted by molar-refractivity contribution is 6.00. The molecule has 0 radical (unpaired) electrons. The maximum absolute atomic E-state index is 13.1. The largest absolute Gasteiger partial charge is 0.487 e. The van der Waals surface area contributed by atoms with Crippen LogP contribution in [0.5, 0.6) is 5.75 Å². The van der Waals surface area contributed by atoms with Crippen molar-refractivity contribution < 1.29 is 19.1 Å². The molecule has 2 aromatic carbocycles. The molecule has 5 heteroatoms. The standard InChI is InChI=1S/C28H33NO4/c1-18(11-12-20-9-5-3-6-10-20)29-27(31)26-19(2)24-22(32-26)13-14-23-25(24)21(30)17-28(33-23)15-7-4-8-16-28/h3,5-6,9-10,13-14,18,21,30H,4,7-8,11-12,15-17H2,1-2H3,(H,29,31)/t18-,21-/m0/s1. The van der Waals surface area contributed by atoms with Crippen LogP contribution in [0.25, 0.3) is 11.0 Å². The number of carbonyl (C=O) groups excluding carboxylic acids is 1. The molecule has 0 unspecified atom stereocenters. The fourth-order valence-electron chi connectivity index (χ4n) is 5.61. The molecule has 1 amide bonds. The zero-order valence-corrected chi connectivity index (χ0v) is 19.5. The van der Waals surface area contributed by atoms with Crippen LogP contribution in [0, 0.1) is 6.92 Å². The van der Waals surface area contributed by atoms with E-state index in [4.69, 9.17) is 9.15 Å². The summed E-state index contributed by atoms with van der Waals surface area (Å²) in [5.74, 6) is 0.832. The first-order chi connectivity index (χ1) is 16.0. The van der Waals surface area contributed by atoms with E-state index in [9.17, 15) is 9.90 Å². The molecule has 2 N–H and O–H groups in total. The fraction of sp³-hybridized carbons (Fsp3) is 0.464. The van der Waals surface area contributed by atoms with Gasteiger partial charge in [-0.05, 0) is 70.1 Å². The molecule has 1 spiro atoms. The van der Waals surface area contributed by atoms with Crippen LogP contribution in [-0.4, -0.2) is 22.7 Å². The summed E-state index contributed by atoms with van der Waals surface area (Å²) in [5.41, 5.74) is 3.15. The number of fused-ring (bicyclic) bond motifs is 3. The molecule has 1 aliphatic carbocycles. The number of aryl methyl sites for hydroxylation is 2. The highest BCUT2D eigenvalue weighted by Crippen LogP contribution is 2.49. The molecule has 1 aliphatic heterocycles. The van der Waals surface area contributed by atoms with E-state index in [1.807, 2.05) is 44.2 Å². The Bertz CT molecular complexity index is 1140. The predicted molar refractivity (Wildman–Crippen MR) is 129 cm³/mol. The summed E-state index contributed by atoms with van der Waals surface area (Å²) in [6.07, 6.45) is 7.22. The summed E-state index contributed by atoms with van der Waals surface area (Å²) >= 11 is 0. The molecule has 33 heavy (non-hydrogen) atoms. The van der Waals surface area contributed by atoms with Gasteiger partial charge in [0, 0.05) is 29.0 Å². The lowest BCUT2D eigenvalue weighted by Gasteiger charge is -2.43. The van der Waals surface area contributed by atoms with Crippen LogP contribution in [0.2, 0.25) is 0 Å².